The highest BCUT2D eigenvalue weighted by molar-refractivity contribution is 6.83. The first-order valence-electron chi connectivity index (χ1n) is 4.14. The third kappa shape index (κ3) is 4.87. The van der Waals surface area contributed by atoms with Gasteiger partial charge in [-0.2, -0.15) is 0 Å². The molecule has 0 amide bonds. The quantitative estimate of drug-likeness (QED) is 0.654. The number of hydrogen-bond donors (Lipinski definition) is 0. The molecule has 0 saturated carbocycles. The van der Waals surface area contributed by atoms with E-state index in [1.807, 2.05) is 6.55 Å². The van der Waals surface area contributed by atoms with Crippen molar-refractivity contribution in [2.75, 3.05) is 14.2 Å². The Hall–Kier alpha value is 0.0938. The van der Waals surface area contributed by atoms with Crippen LogP contribution in [0.3, 0.4) is 0 Å². The Balaban J connectivity index is 4.30. The van der Waals surface area contributed by atoms with Crippen molar-refractivity contribution in [3.05, 3.63) is 11.4 Å². The first kappa shape index (κ1) is 12.1. The monoisotopic (exact) mass is 204 g/mol. The van der Waals surface area contributed by atoms with Gasteiger partial charge in [0.25, 0.3) is 0 Å². The zero-order valence-electron chi connectivity index (χ0n) is 8.97. The summed E-state index contributed by atoms with van der Waals surface area (Å²) in [6, 6.07) is 0. The summed E-state index contributed by atoms with van der Waals surface area (Å²) in [6.45, 7) is 8.93. The molecule has 0 rings (SSSR count). The molecular formula is C8H20O2Si2. The van der Waals surface area contributed by atoms with Gasteiger partial charge >= 0.3 is 8.56 Å². The van der Waals surface area contributed by atoms with Crippen LogP contribution < -0.4 is 0 Å². The fourth-order valence-electron chi connectivity index (χ4n) is 0.621. The molecule has 0 aromatic carbocycles. The van der Waals surface area contributed by atoms with Gasteiger partial charge in [-0.05, 0) is 6.55 Å². The van der Waals surface area contributed by atoms with E-state index in [-0.39, 0.29) is 0 Å². The lowest BCUT2D eigenvalue weighted by atomic mass is 11.2. The molecule has 12 heavy (non-hydrogen) atoms. The Kier molecular flexibility index (Phi) is 4.40. The molecule has 2 nitrogen and oxygen atoms in total. The lowest BCUT2D eigenvalue weighted by Gasteiger charge is -2.20. The third-order valence-corrected chi connectivity index (χ3v) is 5.59. The molecule has 72 valence electrons. The maximum absolute atomic E-state index is 5.33. The second-order valence-corrected chi connectivity index (χ2v) is 12.4. The summed E-state index contributed by atoms with van der Waals surface area (Å²) in [5, 5.41) is 0. The molecule has 0 radical (unpaired) electrons. The minimum atomic E-state index is -1.95. The smallest absolute Gasteiger partial charge is 0.360 e. The average molecular weight is 204 g/mol. The topological polar surface area (TPSA) is 18.5 Å². The lowest BCUT2D eigenvalue weighted by molar-refractivity contribution is 0.264. The van der Waals surface area contributed by atoms with Gasteiger partial charge in [0, 0.05) is 14.2 Å². The zero-order chi connectivity index (χ0) is 9.83. The van der Waals surface area contributed by atoms with Crippen LogP contribution in [0.25, 0.3) is 0 Å². The molecule has 0 unspecified atom stereocenters. The van der Waals surface area contributed by atoms with E-state index in [2.05, 4.69) is 31.0 Å². The Morgan fingerprint density at radius 3 is 1.50 bits per heavy atom. The second-order valence-electron chi connectivity index (χ2n) is 4.12. The highest BCUT2D eigenvalue weighted by Crippen LogP contribution is 2.10. The van der Waals surface area contributed by atoms with Crippen LogP contribution in [-0.4, -0.2) is 30.9 Å². The molecule has 0 heterocycles. The standard InChI is InChI=1S/C8H20O2Si2/c1-9-12(6,10-2)8-7-11(3,4)5/h7-8H,1-6H3/b8-7+. The number of rotatable bonds is 4. The molecule has 0 aliphatic heterocycles. The van der Waals surface area contributed by atoms with Crippen molar-refractivity contribution in [1.82, 2.24) is 0 Å². The van der Waals surface area contributed by atoms with Crippen molar-refractivity contribution in [2.24, 2.45) is 0 Å². The molecule has 0 fully saturated rings. The summed E-state index contributed by atoms with van der Waals surface area (Å²) >= 11 is 0. The minimum Gasteiger partial charge on any atom is -0.395 e. The van der Waals surface area contributed by atoms with Gasteiger partial charge in [0.2, 0.25) is 0 Å². The fourth-order valence-corrected chi connectivity index (χ4v) is 4.27. The second kappa shape index (κ2) is 4.36. The maximum atomic E-state index is 5.33. The highest BCUT2D eigenvalue weighted by atomic mass is 28.4. The van der Waals surface area contributed by atoms with Gasteiger partial charge in [-0.1, -0.05) is 31.0 Å². The van der Waals surface area contributed by atoms with E-state index in [4.69, 9.17) is 8.85 Å². The predicted molar refractivity (Wildman–Crippen MR) is 58.1 cm³/mol. The van der Waals surface area contributed by atoms with E-state index in [0.29, 0.717) is 0 Å². The molecule has 0 spiro atoms. The zero-order valence-corrected chi connectivity index (χ0v) is 11.0. The van der Waals surface area contributed by atoms with Gasteiger partial charge in [-0.15, -0.1) is 0 Å². The van der Waals surface area contributed by atoms with Crippen LogP contribution in [-0.2, 0) is 8.85 Å². The SMILES string of the molecule is CO[Si](C)(/C=C/[Si](C)(C)C)OC. The van der Waals surface area contributed by atoms with Crippen molar-refractivity contribution in [3.8, 4) is 0 Å². The van der Waals surface area contributed by atoms with Crippen LogP contribution in [0.1, 0.15) is 0 Å². The minimum absolute atomic E-state index is 1.11. The van der Waals surface area contributed by atoms with Crippen molar-refractivity contribution in [2.45, 2.75) is 26.2 Å². The summed E-state index contributed by atoms with van der Waals surface area (Å²) in [5.74, 6) is 0. The molecule has 0 aromatic rings. The summed E-state index contributed by atoms with van der Waals surface area (Å²) in [6.07, 6.45) is 0. The van der Waals surface area contributed by atoms with E-state index in [9.17, 15) is 0 Å². The molecule has 0 atom stereocenters. The molecule has 0 N–H and O–H groups in total. The molecule has 0 bridgehead atoms. The van der Waals surface area contributed by atoms with Crippen LogP contribution in [0, 0.1) is 0 Å². The maximum Gasteiger partial charge on any atom is 0.360 e. The van der Waals surface area contributed by atoms with Crippen molar-refractivity contribution in [1.29, 1.82) is 0 Å². The van der Waals surface area contributed by atoms with Gasteiger partial charge in [0.1, 0.15) is 0 Å². The van der Waals surface area contributed by atoms with Crippen LogP contribution >= 0.6 is 0 Å². The largest absolute Gasteiger partial charge is 0.395 e. The Morgan fingerprint density at radius 1 is 0.833 bits per heavy atom. The molecule has 0 aliphatic carbocycles. The van der Waals surface area contributed by atoms with Gasteiger partial charge in [-0.3, -0.25) is 0 Å². The summed E-state index contributed by atoms with van der Waals surface area (Å²) < 4.78 is 10.7. The van der Waals surface area contributed by atoms with Crippen LogP contribution in [0.5, 0.6) is 0 Å². The summed E-state index contributed by atoms with van der Waals surface area (Å²) in [5.41, 5.74) is 4.42. The Bertz CT molecular complexity index is 157. The first-order valence-corrected chi connectivity index (χ1v) is 10.1. The van der Waals surface area contributed by atoms with Crippen molar-refractivity contribution >= 4 is 16.6 Å². The molecule has 4 heteroatoms. The molecular weight excluding hydrogens is 184 g/mol. The van der Waals surface area contributed by atoms with Crippen LogP contribution in [0.4, 0.5) is 0 Å². The van der Waals surface area contributed by atoms with Crippen molar-refractivity contribution < 1.29 is 8.85 Å². The summed E-state index contributed by atoms with van der Waals surface area (Å²) in [4.78, 5) is 0. The van der Waals surface area contributed by atoms with Gasteiger partial charge in [-0.25, -0.2) is 0 Å². The predicted octanol–water partition coefficient (Wildman–Crippen LogP) is 2.32. The third-order valence-electron chi connectivity index (χ3n) is 1.70. The fraction of sp³-hybridized carbons (Fsp3) is 0.750. The first-order chi connectivity index (χ1) is 5.33. The van der Waals surface area contributed by atoms with Gasteiger partial charge in [0.05, 0.1) is 8.07 Å². The molecule has 0 aromatic heterocycles. The molecule has 0 aliphatic rings. The van der Waals surface area contributed by atoms with Gasteiger partial charge < -0.3 is 8.85 Å². The van der Waals surface area contributed by atoms with Crippen LogP contribution in [0.15, 0.2) is 11.4 Å². The average Bonchev–Trinajstić information content (AvgIpc) is 1.99. The lowest BCUT2D eigenvalue weighted by Crippen LogP contribution is -2.35. The van der Waals surface area contributed by atoms with E-state index < -0.39 is 16.6 Å². The van der Waals surface area contributed by atoms with Gasteiger partial charge in [0.15, 0.2) is 0 Å². The Morgan fingerprint density at radius 2 is 1.25 bits per heavy atom. The summed E-state index contributed by atoms with van der Waals surface area (Å²) in [7, 11) is 0.367. The van der Waals surface area contributed by atoms with E-state index in [0.717, 1.165) is 0 Å². The van der Waals surface area contributed by atoms with Crippen LogP contribution in [0.2, 0.25) is 26.2 Å². The van der Waals surface area contributed by atoms with E-state index in [1.54, 1.807) is 14.2 Å². The Labute approximate surface area is 77.8 Å². The normalized spacial score (nSPS) is 14.2. The molecule has 0 saturated heterocycles. The highest BCUT2D eigenvalue weighted by Gasteiger charge is 2.25. The van der Waals surface area contributed by atoms with E-state index in [1.165, 1.54) is 0 Å². The van der Waals surface area contributed by atoms with E-state index >= 15 is 0 Å². The van der Waals surface area contributed by atoms with Crippen molar-refractivity contribution in [3.63, 3.8) is 0 Å². The number of hydrogen-bond acceptors (Lipinski definition) is 2.